The summed E-state index contributed by atoms with van der Waals surface area (Å²) in [6.07, 6.45) is 5.09. The molecule has 5 nitrogen and oxygen atoms in total. The Hall–Kier alpha value is -2.43. The third-order valence-electron chi connectivity index (χ3n) is 2.94. The highest BCUT2D eigenvalue weighted by molar-refractivity contribution is 5.93. The third-order valence-corrected chi connectivity index (χ3v) is 2.94. The first kappa shape index (κ1) is 14.0. The number of amides is 1. The number of hydrogen-bond acceptors (Lipinski definition) is 4. The van der Waals surface area contributed by atoms with Crippen LogP contribution >= 0.6 is 0 Å². The zero-order valence-corrected chi connectivity index (χ0v) is 11.9. The molecule has 20 heavy (non-hydrogen) atoms. The number of rotatable bonds is 4. The van der Waals surface area contributed by atoms with Gasteiger partial charge in [0, 0.05) is 46.3 Å². The van der Waals surface area contributed by atoms with E-state index in [1.165, 1.54) is 0 Å². The zero-order chi connectivity index (χ0) is 14.5. The molecule has 0 radical (unpaired) electrons. The molecule has 5 heteroatoms. The van der Waals surface area contributed by atoms with Crippen LogP contribution in [0.3, 0.4) is 0 Å². The van der Waals surface area contributed by atoms with E-state index in [0.29, 0.717) is 12.1 Å². The van der Waals surface area contributed by atoms with E-state index < -0.39 is 0 Å². The van der Waals surface area contributed by atoms with Crippen molar-refractivity contribution in [1.29, 1.82) is 0 Å². The van der Waals surface area contributed by atoms with E-state index in [9.17, 15) is 4.79 Å². The Morgan fingerprint density at radius 2 is 1.95 bits per heavy atom. The lowest BCUT2D eigenvalue weighted by molar-refractivity contribution is 0.0784. The van der Waals surface area contributed by atoms with Crippen LogP contribution in [-0.2, 0) is 6.54 Å². The highest BCUT2D eigenvalue weighted by Crippen LogP contribution is 2.11. The van der Waals surface area contributed by atoms with E-state index in [0.717, 1.165) is 11.4 Å². The van der Waals surface area contributed by atoms with E-state index in [1.807, 2.05) is 37.2 Å². The van der Waals surface area contributed by atoms with Gasteiger partial charge in [-0.3, -0.25) is 9.78 Å². The largest absolute Gasteiger partial charge is 0.363 e. The molecule has 0 saturated carbocycles. The summed E-state index contributed by atoms with van der Waals surface area (Å²) in [7, 11) is 5.60. The quantitative estimate of drug-likeness (QED) is 0.850. The Morgan fingerprint density at radius 3 is 2.50 bits per heavy atom. The second kappa shape index (κ2) is 6.14. The minimum atomic E-state index is -0.0494. The van der Waals surface area contributed by atoms with Gasteiger partial charge in [-0.15, -0.1) is 0 Å². The Balaban J connectivity index is 2.06. The van der Waals surface area contributed by atoms with Crippen LogP contribution in [0.1, 0.15) is 15.9 Å². The fourth-order valence-corrected chi connectivity index (χ4v) is 1.83. The van der Waals surface area contributed by atoms with Crippen molar-refractivity contribution in [3.63, 3.8) is 0 Å². The second-order valence-electron chi connectivity index (χ2n) is 4.82. The second-order valence-corrected chi connectivity index (χ2v) is 4.82. The summed E-state index contributed by atoms with van der Waals surface area (Å²) >= 11 is 0. The van der Waals surface area contributed by atoms with Crippen LogP contribution in [0.5, 0.6) is 0 Å². The van der Waals surface area contributed by atoms with E-state index in [4.69, 9.17) is 0 Å². The van der Waals surface area contributed by atoms with E-state index in [-0.39, 0.29) is 5.91 Å². The summed E-state index contributed by atoms with van der Waals surface area (Å²) in [6, 6.07) is 7.45. The Morgan fingerprint density at radius 1 is 1.15 bits per heavy atom. The fourth-order valence-electron chi connectivity index (χ4n) is 1.83. The standard InChI is InChI=1S/C15H18N4O/c1-18(2)14-7-6-13(10-17-14)15(20)19(3)11-12-5-4-8-16-9-12/h4-10H,11H2,1-3H3. The first-order chi connectivity index (χ1) is 9.58. The summed E-state index contributed by atoms with van der Waals surface area (Å²) in [6.45, 7) is 0.530. The molecule has 0 aliphatic heterocycles. The molecule has 1 amide bonds. The number of nitrogens with zero attached hydrogens (tertiary/aromatic N) is 4. The van der Waals surface area contributed by atoms with Crippen molar-refractivity contribution in [3.8, 4) is 0 Å². The maximum absolute atomic E-state index is 12.3. The molecule has 0 aliphatic rings. The molecule has 0 fully saturated rings. The smallest absolute Gasteiger partial charge is 0.255 e. The third kappa shape index (κ3) is 3.32. The lowest BCUT2D eigenvalue weighted by Gasteiger charge is -2.17. The van der Waals surface area contributed by atoms with Crippen LogP contribution in [-0.4, -0.2) is 41.9 Å². The van der Waals surface area contributed by atoms with Crippen molar-refractivity contribution in [2.24, 2.45) is 0 Å². The first-order valence-electron chi connectivity index (χ1n) is 6.35. The fraction of sp³-hybridized carbons (Fsp3) is 0.267. The maximum atomic E-state index is 12.3. The highest BCUT2D eigenvalue weighted by atomic mass is 16.2. The number of hydrogen-bond donors (Lipinski definition) is 0. The topological polar surface area (TPSA) is 49.3 Å². The van der Waals surface area contributed by atoms with E-state index in [2.05, 4.69) is 9.97 Å². The SMILES string of the molecule is CN(Cc1cccnc1)C(=O)c1ccc(N(C)C)nc1. The first-order valence-corrected chi connectivity index (χ1v) is 6.35. The predicted molar refractivity (Wildman–Crippen MR) is 78.6 cm³/mol. The average molecular weight is 270 g/mol. The molecule has 0 saturated heterocycles. The lowest BCUT2D eigenvalue weighted by atomic mass is 10.2. The van der Waals surface area contributed by atoms with Crippen LogP contribution in [0.2, 0.25) is 0 Å². The van der Waals surface area contributed by atoms with Gasteiger partial charge in [0.15, 0.2) is 0 Å². The van der Waals surface area contributed by atoms with Crippen LogP contribution < -0.4 is 4.90 Å². The van der Waals surface area contributed by atoms with E-state index in [1.54, 1.807) is 36.6 Å². The van der Waals surface area contributed by atoms with Gasteiger partial charge in [-0.25, -0.2) is 4.98 Å². The van der Waals surface area contributed by atoms with Crippen molar-refractivity contribution in [1.82, 2.24) is 14.9 Å². The number of anilines is 1. The van der Waals surface area contributed by atoms with Gasteiger partial charge >= 0.3 is 0 Å². The van der Waals surface area contributed by atoms with Crippen LogP contribution in [0.15, 0.2) is 42.9 Å². The molecule has 0 aromatic carbocycles. The number of carbonyl (C=O) groups is 1. The van der Waals surface area contributed by atoms with Gasteiger partial charge in [-0.1, -0.05) is 6.07 Å². The molecule has 0 bridgehead atoms. The van der Waals surface area contributed by atoms with Crippen molar-refractivity contribution >= 4 is 11.7 Å². The summed E-state index contributed by atoms with van der Waals surface area (Å²) in [5.74, 6) is 0.781. The van der Waals surface area contributed by atoms with E-state index >= 15 is 0 Å². The summed E-state index contributed by atoms with van der Waals surface area (Å²) in [4.78, 5) is 24.1. The molecule has 0 N–H and O–H groups in total. The predicted octanol–water partition coefficient (Wildman–Crippen LogP) is 1.81. The molecular formula is C15H18N4O. The van der Waals surface area contributed by atoms with Crippen molar-refractivity contribution < 1.29 is 4.79 Å². The van der Waals surface area contributed by atoms with Crippen LogP contribution in [0, 0.1) is 0 Å². The van der Waals surface area contributed by atoms with Crippen LogP contribution in [0.25, 0.3) is 0 Å². The zero-order valence-electron chi connectivity index (χ0n) is 11.9. The normalized spacial score (nSPS) is 10.2. The maximum Gasteiger partial charge on any atom is 0.255 e. The summed E-state index contributed by atoms with van der Waals surface area (Å²) in [5.41, 5.74) is 1.59. The van der Waals surface area contributed by atoms with Gasteiger partial charge in [0.05, 0.1) is 5.56 Å². The van der Waals surface area contributed by atoms with Gasteiger partial charge in [-0.2, -0.15) is 0 Å². The minimum Gasteiger partial charge on any atom is -0.363 e. The van der Waals surface area contributed by atoms with Gasteiger partial charge < -0.3 is 9.80 Å². The molecule has 0 spiro atoms. The van der Waals surface area contributed by atoms with Crippen molar-refractivity contribution in [2.75, 3.05) is 26.0 Å². The highest BCUT2D eigenvalue weighted by Gasteiger charge is 2.12. The Labute approximate surface area is 118 Å². The molecule has 104 valence electrons. The summed E-state index contributed by atoms with van der Waals surface area (Å²) < 4.78 is 0. The van der Waals surface area contributed by atoms with Gasteiger partial charge in [0.2, 0.25) is 0 Å². The molecule has 2 aromatic heterocycles. The molecule has 0 aliphatic carbocycles. The summed E-state index contributed by atoms with van der Waals surface area (Å²) in [5, 5.41) is 0. The molecular weight excluding hydrogens is 252 g/mol. The van der Waals surface area contributed by atoms with Crippen molar-refractivity contribution in [3.05, 3.63) is 54.0 Å². The Bertz CT molecular complexity index is 566. The minimum absolute atomic E-state index is 0.0494. The van der Waals surface area contributed by atoms with Gasteiger partial charge in [0.25, 0.3) is 5.91 Å². The monoisotopic (exact) mass is 270 g/mol. The number of aromatic nitrogens is 2. The number of pyridine rings is 2. The molecule has 0 unspecified atom stereocenters. The molecule has 2 aromatic rings. The molecule has 0 atom stereocenters. The lowest BCUT2D eigenvalue weighted by Crippen LogP contribution is -2.26. The average Bonchev–Trinajstić information content (AvgIpc) is 2.47. The van der Waals surface area contributed by atoms with Gasteiger partial charge in [-0.05, 0) is 23.8 Å². The molecule has 2 rings (SSSR count). The number of carbonyl (C=O) groups excluding carboxylic acids is 1. The Kier molecular flexibility index (Phi) is 4.30. The van der Waals surface area contributed by atoms with Crippen LogP contribution in [0.4, 0.5) is 5.82 Å². The molecule has 2 heterocycles. The van der Waals surface area contributed by atoms with Crippen molar-refractivity contribution in [2.45, 2.75) is 6.54 Å². The van der Waals surface area contributed by atoms with Gasteiger partial charge in [0.1, 0.15) is 5.82 Å².